The fourth-order valence-electron chi connectivity index (χ4n) is 2.91. The van der Waals surface area contributed by atoms with Crippen molar-refractivity contribution < 1.29 is 14.6 Å². The van der Waals surface area contributed by atoms with E-state index in [2.05, 4.69) is 15.3 Å². The van der Waals surface area contributed by atoms with E-state index in [1.54, 1.807) is 12.4 Å². The van der Waals surface area contributed by atoms with Gasteiger partial charge in [0.05, 0.1) is 25.4 Å². The molecular weight excluding hydrogens is 246 g/mol. The lowest BCUT2D eigenvalue weighted by atomic mass is 9.79. The molecule has 3 heterocycles. The molecule has 2 bridgehead atoms. The zero-order chi connectivity index (χ0) is 13.3. The van der Waals surface area contributed by atoms with Crippen molar-refractivity contribution in [2.45, 2.75) is 37.5 Å². The van der Waals surface area contributed by atoms with Crippen molar-refractivity contribution in [3.63, 3.8) is 0 Å². The molecule has 0 saturated carbocycles. The van der Waals surface area contributed by atoms with E-state index in [9.17, 15) is 5.11 Å². The number of aromatic nitrogens is 2. The van der Waals surface area contributed by atoms with Gasteiger partial charge in [-0.1, -0.05) is 0 Å². The fraction of sp³-hybridized carbons (Fsp3) is 0.692. The summed E-state index contributed by atoms with van der Waals surface area (Å²) in [6.07, 6.45) is 4.58. The van der Waals surface area contributed by atoms with Crippen molar-refractivity contribution in [1.82, 2.24) is 15.3 Å². The van der Waals surface area contributed by atoms with Crippen LogP contribution >= 0.6 is 0 Å². The Balaban J connectivity index is 1.79. The number of aliphatic hydroxyl groups is 1. The van der Waals surface area contributed by atoms with Gasteiger partial charge in [0.2, 0.25) is 0 Å². The third kappa shape index (κ3) is 2.56. The molecule has 0 amide bonds. The SMILES string of the molecule is CCOc1ncc(C2(O)CC3COCC(C2)N3)cn1. The molecule has 2 unspecified atom stereocenters. The van der Waals surface area contributed by atoms with Crippen LogP contribution in [0.15, 0.2) is 12.4 Å². The Morgan fingerprint density at radius 1 is 1.37 bits per heavy atom. The monoisotopic (exact) mass is 265 g/mol. The third-order valence-electron chi connectivity index (χ3n) is 3.72. The van der Waals surface area contributed by atoms with E-state index in [-0.39, 0.29) is 12.1 Å². The van der Waals surface area contributed by atoms with Crippen LogP contribution in [0.4, 0.5) is 0 Å². The van der Waals surface area contributed by atoms with Crippen LogP contribution in [0.2, 0.25) is 0 Å². The van der Waals surface area contributed by atoms with Crippen LogP contribution in [-0.2, 0) is 10.3 Å². The van der Waals surface area contributed by atoms with Gasteiger partial charge in [-0.3, -0.25) is 0 Å². The molecule has 1 aromatic rings. The highest BCUT2D eigenvalue weighted by Crippen LogP contribution is 2.36. The second-order valence-electron chi connectivity index (χ2n) is 5.23. The lowest BCUT2D eigenvalue weighted by Gasteiger charge is -2.44. The number of hydrogen-bond acceptors (Lipinski definition) is 6. The summed E-state index contributed by atoms with van der Waals surface area (Å²) in [5, 5.41) is 14.3. The van der Waals surface area contributed by atoms with Gasteiger partial charge < -0.3 is 19.9 Å². The van der Waals surface area contributed by atoms with E-state index in [1.165, 1.54) is 0 Å². The minimum Gasteiger partial charge on any atom is -0.464 e. The maximum Gasteiger partial charge on any atom is 0.316 e. The summed E-state index contributed by atoms with van der Waals surface area (Å²) in [7, 11) is 0. The third-order valence-corrected chi connectivity index (χ3v) is 3.72. The molecule has 6 heteroatoms. The predicted molar refractivity (Wildman–Crippen MR) is 67.9 cm³/mol. The topological polar surface area (TPSA) is 76.5 Å². The van der Waals surface area contributed by atoms with E-state index < -0.39 is 5.60 Å². The Bertz CT molecular complexity index is 425. The predicted octanol–water partition coefficient (Wildman–Crippen LogP) is 0.214. The van der Waals surface area contributed by atoms with Crippen LogP contribution in [0, 0.1) is 0 Å². The molecule has 0 radical (unpaired) electrons. The van der Waals surface area contributed by atoms with E-state index in [0.29, 0.717) is 38.7 Å². The average Bonchev–Trinajstić information content (AvgIpc) is 2.39. The van der Waals surface area contributed by atoms with Gasteiger partial charge in [-0.25, -0.2) is 9.97 Å². The minimum atomic E-state index is -0.866. The minimum absolute atomic E-state index is 0.198. The van der Waals surface area contributed by atoms with Gasteiger partial charge in [0, 0.05) is 30.0 Å². The molecule has 6 nitrogen and oxygen atoms in total. The van der Waals surface area contributed by atoms with Crippen LogP contribution in [0.5, 0.6) is 6.01 Å². The smallest absolute Gasteiger partial charge is 0.316 e. The number of hydrogen-bond donors (Lipinski definition) is 2. The maximum absolute atomic E-state index is 10.9. The Hall–Kier alpha value is -1.24. The summed E-state index contributed by atoms with van der Waals surface area (Å²) >= 11 is 0. The number of morpholine rings is 1. The quantitative estimate of drug-likeness (QED) is 0.814. The van der Waals surface area contributed by atoms with Crippen molar-refractivity contribution >= 4 is 0 Å². The van der Waals surface area contributed by atoms with Crippen LogP contribution in [0.25, 0.3) is 0 Å². The summed E-state index contributed by atoms with van der Waals surface area (Å²) < 4.78 is 10.7. The van der Waals surface area contributed by atoms with Crippen molar-refractivity contribution in [2.75, 3.05) is 19.8 Å². The van der Waals surface area contributed by atoms with Crippen molar-refractivity contribution in [1.29, 1.82) is 0 Å². The molecule has 1 aromatic heterocycles. The highest BCUT2D eigenvalue weighted by molar-refractivity contribution is 5.19. The Morgan fingerprint density at radius 2 is 2.00 bits per heavy atom. The number of ether oxygens (including phenoxy) is 2. The van der Waals surface area contributed by atoms with Crippen molar-refractivity contribution in [2.24, 2.45) is 0 Å². The van der Waals surface area contributed by atoms with Gasteiger partial charge in [0.15, 0.2) is 0 Å². The number of nitrogens with one attached hydrogen (secondary N) is 1. The van der Waals surface area contributed by atoms with Gasteiger partial charge >= 0.3 is 6.01 Å². The molecule has 2 atom stereocenters. The Kier molecular flexibility index (Phi) is 3.38. The highest BCUT2D eigenvalue weighted by Gasteiger charge is 2.42. The van der Waals surface area contributed by atoms with Gasteiger partial charge in [0.25, 0.3) is 0 Å². The number of fused-ring (bicyclic) bond motifs is 2. The molecule has 0 spiro atoms. The average molecular weight is 265 g/mol. The second kappa shape index (κ2) is 5.03. The first-order chi connectivity index (χ1) is 9.19. The summed E-state index contributed by atoms with van der Waals surface area (Å²) in [6, 6.07) is 0.750. The normalized spacial score (nSPS) is 34.0. The van der Waals surface area contributed by atoms with Crippen LogP contribution in [0.3, 0.4) is 0 Å². The van der Waals surface area contributed by atoms with E-state index in [1.807, 2.05) is 6.92 Å². The van der Waals surface area contributed by atoms with E-state index in [4.69, 9.17) is 9.47 Å². The van der Waals surface area contributed by atoms with Crippen molar-refractivity contribution in [3.8, 4) is 6.01 Å². The molecule has 3 rings (SSSR count). The molecule has 19 heavy (non-hydrogen) atoms. The van der Waals surface area contributed by atoms with E-state index in [0.717, 1.165) is 5.56 Å². The zero-order valence-corrected chi connectivity index (χ0v) is 11.0. The van der Waals surface area contributed by atoms with Crippen molar-refractivity contribution in [3.05, 3.63) is 18.0 Å². The molecule has 2 fully saturated rings. The van der Waals surface area contributed by atoms with Crippen LogP contribution in [0.1, 0.15) is 25.3 Å². The number of piperidine rings is 1. The van der Waals surface area contributed by atoms with E-state index >= 15 is 0 Å². The largest absolute Gasteiger partial charge is 0.464 e. The first-order valence-electron chi connectivity index (χ1n) is 6.71. The summed E-state index contributed by atoms with van der Waals surface area (Å²) in [6.45, 7) is 3.72. The van der Waals surface area contributed by atoms with Crippen LogP contribution in [-0.4, -0.2) is 47.0 Å². The molecule has 2 saturated heterocycles. The molecule has 2 N–H and O–H groups in total. The summed E-state index contributed by atoms with van der Waals surface area (Å²) in [5.74, 6) is 0. The van der Waals surface area contributed by atoms with Gasteiger partial charge in [-0.2, -0.15) is 0 Å². The summed E-state index contributed by atoms with van der Waals surface area (Å²) in [4.78, 5) is 8.28. The lowest BCUT2D eigenvalue weighted by molar-refractivity contribution is -0.0805. The maximum atomic E-state index is 10.9. The Labute approximate surface area is 112 Å². The highest BCUT2D eigenvalue weighted by atomic mass is 16.5. The van der Waals surface area contributed by atoms with Crippen LogP contribution < -0.4 is 10.1 Å². The molecular formula is C13H19N3O3. The van der Waals surface area contributed by atoms with Gasteiger partial charge in [-0.15, -0.1) is 0 Å². The Morgan fingerprint density at radius 3 is 2.58 bits per heavy atom. The summed E-state index contributed by atoms with van der Waals surface area (Å²) in [5.41, 5.74) is -0.107. The molecule has 2 aliphatic rings. The molecule has 0 aromatic carbocycles. The molecule has 104 valence electrons. The van der Waals surface area contributed by atoms with Gasteiger partial charge in [0.1, 0.15) is 0 Å². The second-order valence-corrected chi connectivity index (χ2v) is 5.23. The zero-order valence-electron chi connectivity index (χ0n) is 11.0. The number of nitrogens with zero attached hydrogens (tertiary/aromatic N) is 2. The fourth-order valence-corrected chi connectivity index (χ4v) is 2.91. The molecule has 2 aliphatic heterocycles. The first-order valence-corrected chi connectivity index (χ1v) is 6.71. The number of rotatable bonds is 3. The van der Waals surface area contributed by atoms with Gasteiger partial charge in [-0.05, 0) is 19.8 Å². The first kappa shape index (κ1) is 12.8. The lowest BCUT2D eigenvalue weighted by Crippen LogP contribution is -2.58. The molecule has 0 aliphatic carbocycles. The standard InChI is InChI=1S/C13H19N3O3/c1-2-19-12-14-5-9(6-15-12)13(17)3-10-7-18-8-11(4-13)16-10/h5-6,10-11,16-17H,2-4,7-8H2,1H3.